The number of amides is 1. The second-order valence-electron chi connectivity index (χ2n) is 15.8. The predicted octanol–water partition coefficient (Wildman–Crippen LogP) is 0.991. The molecular formula is C36H59IN2O8. The van der Waals surface area contributed by atoms with Gasteiger partial charge in [0.25, 0.3) is 0 Å². The number of aliphatic hydroxyl groups is 3. The summed E-state index contributed by atoms with van der Waals surface area (Å²) >= 11 is 0. The normalized spacial score (nSPS) is 36.4. The number of likely N-dealkylation sites (tertiary alicyclic amines) is 2. The highest BCUT2D eigenvalue weighted by Gasteiger charge is 2.60. The fourth-order valence-electron chi connectivity index (χ4n) is 7.83. The first-order chi connectivity index (χ1) is 21.4. The van der Waals surface area contributed by atoms with E-state index in [1.807, 2.05) is 45.9 Å². The van der Waals surface area contributed by atoms with Gasteiger partial charge in [-0.05, 0) is 57.1 Å². The molecule has 47 heavy (non-hydrogen) atoms. The van der Waals surface area contributed by atoms with Gasteiger partial charge in [-0.15, -0.1) is 0 Å². The van der Waals surface area contributed by atoms with Crippen LogP contribution in [0.2, 0.25) is 0 Å². The molecule has 0 unspecified atom stereocenters. The Bertz CT molecular complexity index is 1170. The Balaban J connectivity index is 0.00000600. The molecule has 4 rings (SSSR count). The smallest absolute Gasteiger partial charge is 0.410 e. The third kappa shape index (κ3) is 10.5. The van der Waals surface area contributed by atoms with Crippen LogP contribution in [0.5, 0.6) is 0 Å². The van der Waals surface area contributed by atoms with E-state index in [4.69, 9.17) is 14.2 Å². The second-order valence-corrected chi connectivity index (χ2v) is 15.8. The van der Waals surface area contributed by atoms with Crippen molar-refractivity contribution in [3.05, 3.63) is 36.0 Å². The van der Waals surface area contributed by atoms with Gasteiger partial charge in [0.05, 0.1) is 58.0 Å². The molecule has 1 amide bonds. The molecule has 3 saturated heterocycles. The zero-order valence-electron chi connectivity index (χ0n) is 29.6. The van der Waals surface area contributed by atoms with E-state index in [-0.39, 0.29) is 84.7 Å². The van der Waals surface area contributed by atoms with Crippen LogP contribution < -0.4 is 24.0 Å². The SMILES string of the molecule is CC[C@H](O)[C@@H](C)[C@H]1O[C@@H]1C[C@H](C)/C=C/C=C(\C)[C@H]1OC(=O)C[C@H](O)CC[C@@](C)(O)[C@@H](OC(=O)N2CC3(C2)C[N+](C)(C)C3)/C=C/[C@@H]1C.[I-]. The molecule has 0 aromatic carbocycles. The highest BCUT2D eigenvalue weighted by Crippen LogP contribution is 2.43. The number of aliphatic hydroxyl groups excluding tert-OH is 2. The van der Waals surface area contributed by atoms with E-state index in [0.29, 0.717) is 19.5 Å². The summed E-state index contributed by atoms with van der Waals surface area (Å²) in [5.74, 6) is -0.430. The molecule has 268 valence electrons. The summed E-state index contributed by atoms with van der Waals surface area (Å²) in [6, 6.07) is 0. The maximum absolute atomic E-state index is 13.1. The van der Waals surface area contributed by atoms with Gasteiger partial charge < -0.3 is 62.9 Å². The van der Waals surface area contributed by atoms with E-state index < -0.39 is 36.0 Å². The molecule has 0 radical (unpaired) electrons. The highest BCUT2D eigenvalue weighted by atomic mass is 127. The molecular weight excluding hydrogens is 715 g/mol. The lowest BCUT2D eigenvalue weighted by Gasteiger charge is -2.61. The molecule has 3 N–H and O–H groups in total. The van der Waals surface area contributed by atoms with Crippen molar-refractivity contribution < 1.29 is 67.6 Å². The van der Waals surface area contributed by atoms with E-state index >= 15 is 0 Å². The van der Waals surface area contributed by atoms with Crippen LogP contribution in [0.15, 0.2) is 36.0 Å². The minimum absolute atomic E-state index is 0. The highest BCUT2D eigenvalue weighted by molar-refractivity contribution is 5.71. The number of carbonyl (C=O) groups excluding carboxylic acids is 2. The van der Waals surface area contributed by atoms with Gasteiger partial charge in [-0.1, -0.05) is 52.0 Å². The summed E-state index contributed by atoms with van der Waals surface area (Å²) in [6.07, 6.45) is 8.13. The van der Waals surface area contributed by atoms with E-state index in [1.165, 1.54) is 0 Å². The third-order valence-electron chi connectivity index (χ3n) is 10.4. The van der Waals surface area contributed by atoms with E-state index in [1.54, 1.807) is 17.9 Å². The number of ether oxygens (including phenoxy) is 3. The number of epoxide rings is 1. The number of allylic oxidation sites excluding steroid dienone is 3. The first kappa shape index (κ1) is 39.9. The molecule has 0 bridgehead atoms. The minimum atomic E-state index is -1.44. The van der Waals surface area contributed by atoms with Crippen molar-refractivity contribution in [1.82, 2.24) is 4.90 Å². The molecule has 4 aliphatic rings. The van der Waals surface area contributed by atoms with Crippen molar-refractivity contribution in [1.29, 1.82) is 0 Å². The molecule has 11 heteroatoms. The van der Waals surface area contributed by atoms with Crippen molar-refractivity contribution in [3.63, 3.8) is 0 Å². The van der Waals surface area contributed by atoms with Crippen molar-refractivity contribution in [2.75, 3.05) is 40.3 Å². The third-order valence-corrected chi connectivity index (χ3v) is 10.4. The number of esters is 1. The first-order valence-corrected chi connectivity index (χ1v) is 17.2. The quantitative estimate of drug-likeness (QED) is 0.0792. The standard InChI is InChI=1S/C36H59N2O8.HI/c1-9-28(40)26(5)33-29(44-33)17-23(2)11-10-12-24(3)32-25(4)13-14-30(35(6,43)16-15-27(39)18-31(41)46-32)45-34(42)37-19-36(20-37)21-38(7,8)22-36;/h10-14,23,25-30,32-33,39-40,43H,9,15-22H2,1-8H3;1H/q+1;/p-1/b11-10+,14-13+,24-12+;/t23-,25+,26-,27-,28+,29-,30+,32-,33-,35-;/m1./s1. The summed E-state index contributed by atoms with van der Waals surface area (Å²) < 4.78 is 18.6. The predicted molar refractivity (Wildman–Crippen MR) is 176 cm³/mol. The largest absolute Gasteiger partial charge is 1.00 e. The molecule has 1 spiro atoms. The van der Waals surface area contributed by atoms with Crippen molar-refractivity contribution in [2.24, 2.45) is 23.2 Å². The Morgan fingerprint density at radius 2 is 1.89 bits per heavy atom. The average molecular weight is 775 g/mol. The topological polar surface area (TPSA) is 129 Å². The molecule has 0 aromatic heterocycles. The maximum atomic E-state index is 13.1. The van der Waals surface area contributed by atoms with Crippen LogP contribution in [0.1, 0.15) is 73.6 Å². The van der Waals surface area contributed by atoms with Gasteiger partial charge in [-0.25, -0.2) is 4.79 Å². The Hall–Kier alpha value is -1.51. The van der Waals surface area contributed by atoms with Crippen LogP contribution in [0.3, 0.4) is 0 Å². The van der Waals surface area contributed by atoms with E-state index in [9.17, 15) is 24.9 Å². The molecule has 10 atom stereocenters. The molecule has 0 aliphatic carbocycles. The van der Waals surface area contributed by atoms with Gasteiger partial charge >= 0.3 is 12.1 Å². The number of carbonyl (C=O) groups is 2. The van der Waals surface area contributed by atoms with Crippen LogP contribution in [0.4, 0.5) is 4.79 Å². The molecule has 0 saturated carbocycles. The van der Waals surface area contributed by atoms with Gasteiger partial charge in [0.1, 0.15) is 17.1 Å². The fraction of sp³-hybridized carbons (Fsp3) is 0.778. The fourth-order valence-corrected chi connectivity index (χ4v) is 7.83. The van der Waals surface area contributed by atoms with Crippen molar-refractivity contribution in [3.8, 4) is 0 Å². The minimum Gasteiger partial charge on any atom is -1.00 e. The number of rotatable bonds is 9. The number of halogens is 1. The Labute approximate surface area is 298 Å². The summed E-state index contributed by atoms with van der Waals surface area (Å²) in [6.45, 7) is 15.0. The molecule has 0 aromatic rings. The van der Waals surface area contributed by atoms with Gasteiger partial charge in [-0.3, -0.25) is 4.79 Å². The van der Waals surface area contributed by atoms with Gasteiger partial charge in [-0.2, -0.15) is 0 Å². The molecule has 3 fully saturated rings. The lowest BCUT2D eigenvalue weighted by Crippen LogP contribution is -3.00. The second kappa shape index (κ2) is 16.0. The van der Waals surface area contributed by atoms with Crippen LogP contribution in [-0.2, 0) is 19.0 Å². The lowest BCUT2D eigenvalue weighted by molar-refractivity contribution is -0.952. The van der Waals surface area contributed by atoms with Crippen LogP contribution in [0.25, 0.3) is 0 Å². The monoisotopic (exact) mass is 774 g/mol. The van der Waals surface area contributed by atoms with Crippen molar-refractivity contribution >= 4 is 12.1 Å². The molecule has 4 aliphatic heterocycles. The Kier molecular flexibility index (Phi) is 13.6. The number of nitrogens with zero attached hydrogens (tertiary/aromatic N) is 2. The van der Waals surface area contributed by atoms with Crippen molar-refractivity contribution in [2.45, 2.75) is 116 Å². The molecule has 4 heterocycles. The van der Waals surface area contributed by atoms with Crippen LogP contribution >= 0.6 is 0 Å². The zero-order valence-corrected chi connectivity index (χ0v) is 31.8. The number of quaternary nitrogens is 1. The molecule has 10 nitrogen and oxygen atoms in total. The van der Waals surface area contributed by atoms with E-state index in [2.05, 4.69) is 27.1 Å². The van der Waals surface area contributed by atoms with E-state index in [0.717, 1.165) is 29.6 Å². The lowest BCUT2D eigenvalue weighted by atomic mass is 9.72. The zero-order chi connectivity index (χ0) is 34.0. The number of hydrogen-bond acceptors (Lipinski definition) is 8. The summed E-state index contributed by atoms with van der Waals surface area (Å²) in [7, 11) is 4.38. The maximum Gasteiger partial charge on any atom is 0.410 e. The van der Waals surface area contributed by atoms with Crippen LogP contribution in [-0.4, -0.2) is 119 Å². The van der Waals surface area contributed by atoms with Gasteiger partial charge in [0.2, 0.25) is 0 Å². The Morgan fingerprint density at radius 1 is 1.23 bits per heavy atom. The summed E-state index contributed by atoms with van der Waals surface area (Å²) in [5.41, 5.74) is -0.442. The number of cyclic esters (lactones) is 1. The van der Waals surface area contributed by atoms with Gasteiger partial charge in [0, 0.05) is 24.9 Å². The summed E-state index contributed by atoms with van der Waals surface area (Å²) in [4.78, 5) is 27.7. The summed E-state index contributed by atoms with van der Waals surface area (Å²) in [5, 5.41) is 32.2. The van der Waals surface area contributed by atoms with Crippen LogP contribution in [0, 0.1) is 23.2 Å². The first-order valence-electron chi connectivity index (χ1n) is 17.2. The number of hydrogen-bond donors (Lipinski definition) is 3. The average Bonchev–Trinajstić information content (AvgIpc) is 3.71. The van der Waals surface area contributed by atoms with Gasteiger partial charge in [0.15, 0.2) is 6.10 Å². The Morgan fingerprint density at radius 3 is 2.51 bits per heavy atom.